The van der Waals surface area contributed by atoms with Crippen LogP contribution in [-0.4, -0.2) is 51.0 Å². The summed E-state index contributed by atoms with van der Waals surface area (Å²) in [6.07, 6.45) is -2.28. The van der Waals surface area contributed by atoms with Gasteiger partial charge in [-0.1, -0.05) is 6.07 Å². The summed E-state index contributed by atoms with van der Waals surface area (Å²) in [6, 6.07) is 8.87. The zero-order valence-corrected chi connectivity index (χ0v) is 20.5. The molecule has 7 nitrogen and oxygen atoms in total. The average Bonchev–Trinajstić information content (AvgIpc) is 2.75. The van der Waals surface area contributed by atoms with E-state index in [2.05, 4.69) is 25.3 Å². The Bertz CT molecular complexity index is 866. The molecule has 1 heterocycles. The molecule has 0 saturated carbocycles. The van der Waals surface area contributed by atoms with E-state index < -0.39 is 12.8 Å². The molecule has 0 unspecified atom stereocenters. The predicted molar refractivity (Wildman–Crippen MR) is 127 cm³/mol. The summed E-state index contributed by atoms with van der Waals surface area (Å²) in [5, 5.41) is 6.37. The molecule has 0 aliphatic rings. The SMILES string of the molecule is CCNC(=NCc1ccnc(OCC(F)(F)F)c1)NCCc1ccc(OC)c(OC)c1.I. The largest absolute Gasteiger partial charge is 0.493 e. The highest BCUT2D eigenvalue weighted by Gasteiger charge is 2.28. The lowest BCUT2D eigenvalue weighted by Gasteiger charge is -2.13. The van der Waals surface area contributed by atoms with E-state index in [4.69, 9.17) is 9.47 Å². The number of nitrogens with zero attached hydrogens (tertiary/aromatic N) is 2. The van der Waals surface area contributed by atoms with Gasteiger partial charge in [-0.25, -0.2) is 9.98 Å². The molecule has 0 radical (unpaired) electrons. The van der Waals surface area contributed by atoms with E-state index in [-0.39, 0.29) is 36.4 Å². The van der Waals surface area contributed by atoms with Crippen molar-refractivity contribution in [3.8, 4) is 17.4 Å². The summed E-state index contributed by atoms with van der Waals surface area (Å²) in [5.74, 6) is 1.85. The second kappa shape index (κ2) is 13.9. The molecule has 1 aromatic carbocycles. The number of aliphatic imine (C=N–C) groups is 1. The Labute approximate surface area is 202 Å². The maximum Gasteiger partial charge on any atom is 0.422 e. The van der Waals surface area contributed by atoms with Crippen LogP contribution < -0.4 is 24.8 Å². The van der Waals surface area contributed by atoms with E-state index in [0.717, 1.165) is 12.0 Å². The van der Waals surface area contributed by atoms with Crippen molar-refractivity contribution in [2.75, 3.05) is 33.9 Å². The van der Waals surface area contributed by atoms with Crippen molar-refractivity contribution < 1.29 is 27.4 Å². The van der Waals surface area contributed by atoms with Gasteiger partial charge in [-0.05, 0) is 42.7 Å². The molecule has 32 heavy (non-hydrogen) atoms. The Morgan fingerprint density at radius 1 is 1.03 bits per heavy atom. The molecular weight excluding hydrogens is 540 g/mol. The van der Waals surface area contributed by atoms with E-state index in [1.165, 1.54) is 12.3 Å². The Morgan fingerprint density at radius 3 is 2.44 bits per heavy atom. The van der Waals surface area contributed by atoms with Gasteiger partial charge < -0.3 is 24.8 Å². The first-order valence-corrected chi connectivity index (χ1v) is 9.72. The number of benzene rings is 1. The number of ether oxygens (including phenoxy) is 3. The van der Waals surface area contributed by atoms with Crippen LogP contribution in [0.5, 0.6) is 17.4 Å². The number of pyridine rings is 1. The highest BCUT2D eigenvalue weighted by Crippen LogP contribution is 2.27. The predicted octanol–water partition coefficient (Wildman–Crippen LogP) is 3.96. The van der Waals surface area contributed by atoms with Crippen molar-refractivity contribution in [1.82, 2.24) is 15.6 Å². The molecule has 178 valence electrons. The van der Waals surface area contributed by atoms with Gasteiger partial charge in [-0.15, -0.1) is 24.0 Å². The van der Waals surface area contributed by atoms with Crippen molar-refractivity contribution in [2.45, 2.75) is 26.1 Å². The molecule has 2 rings (SSSR count). The molecule has 0 aliphatic carbocycles. The fraction of sp³-hybridized carbons (Fsp3) is 0.429. The molecule has 0 amide bonds. The van der Waals surface area contributed by atoms with Gasteiger partial charge in [0.25, 0.3) is 0 Å². The van der Waals surface area contributed by atoms with Crippen LogP contribution >= 0.6 is 24.0 Å². The van der Waals surface area contributed by atoms with Gasteiger partial charge in [-0.3, -0.25) is 0 Å². The van der Waals surface area contributed by atoms with Gasteiger partial charge in [0.05, 0.1) is 20.8 Å². The molecule has 1 aromatic heterocycles. The maximum atomic E-state index is 12.3. The summed E-state index contributed by atoms with van der Waals surface area (Å²) in [6.45, 7) is 2.11. The number of aromatic nitrogens is 1. The molecular formula is C21H28F3IN4O3. The number of methoxy groups -OCH3 is 2. The summed E-state index contributed by atoms with van der Waals surface area (Å²) in [7, 11) is 3.18. The van der Waals surface area contributed by atoms with Crippen LogP contribution in [0.3, 0.4) is 0 Å². The van der Waals surface area contributed by atoms with Crippen LogP contribution in [0.4, 0.5) is 13.2 Å². The highest BCUT2D eigenvalue weighted by molar-refractivity contribution is 14.0. The number of alkyl halides is 3. The van der Waals surface area contributed by atoms with Crippen molar-refractivity contribution in [3.05, 3.63) is 47.7 Å². The van der Waals surface area contributed by atoms with Crippen molar-refractivity contribution in [3.63, 3.8) is 0 Å². The van der Waals surface area contributed by atoms with E-state index in [0.29, 0.717) is 36.1 Å². The van der Waals surface area contributed by atoms with Crippen LogP contribution in [0.15, 0.2) is 41.5 Å². The molecule has 0 atom stereocenters. The minimum Gasteiger partial charge on any atom is -0.493 e. The summed E-state index contributed by atoms with van der Waals surface area (Å²) in [5.41, 5.74) is 1.76. The number of halogens is 4. The fourth-order valence-electron chi connectivity index (χ4n) is 2.66. The molecule has 0 saturated heterocycles. The Kier molecular flexibility index (Phi) is 12.0. The monoisotopic (exact) mass is 568 g/mol. The molecule has 0 aliphatic heterocycles. The van der Waals surface area contributed by atoms with Gasteiger partial charge in [0.1, 0.15) is 0 Å². The van der Waals surface area contributed by atoms with Crippen molar-refractivity contribution >= 4 is 29.9 Å². The van der Waals surface area contributed by atoms with Gasteiger partial charge >= 0.3 is 6.18 Å². The molecule has 2 aromatic rings. The average molecular weight is 568 g/mol. The zero-order chi connectivity index (χ0) is 22.7. The maximum absolute atomic E-state index is 12.3. The summed E-state index contributed by atoms with van der Waals surface area (Å²) in [4.78, 5) is 8.26. The third-order valence-electron chi connectivity index (χ3n) is 4.10. The lowest BCUT2D eigenvalue weighted by molar-refractivity contribution is -0.154. The lowest BCUT2D eigenvalue weighted by atomic mass is 10.1. The lowest BCUT2D eigenvalue weighted by Crippen LogP contribution is -2.38. The summed E-state index contributed by atoms with van der Waals surface area (Å²) < 4.78 is 52.1. The third kappa shape index (κ3) is 9.79. The summed E-state index contributed by atoms with van der Waals surface area (Å²) >= 11 is 0. The second-order valence-corrected chi connectivity index (χ2v) is 6.47. The van der Waals surface area contributed by atoms with Gasteiger partial charge in [-0.2, -0.15) is 13.2 Å². The highest BCUT2D eigenvalue weighted by atomic mass is 127. The number of nitrogens with one attached hydrogen (secondary N) is 2. The van der Waals surface area contributed by atoms with Gasteiger partial charge in [0.15, 0.2) is 24.1 Å². The Morgan fingerprint density at radius 2 is 1.78 bits per heavy atom. The Balaban J connectivity index is 0.00000512. The number of hydrogen-bond donors (Lipinski definition) is 2. The first-order valence-electron chi connectivity index (χ1n) is 9.72. The van der Waals surface area contributed by atoms with Crippen LogP contribution in [0.25, 0.3) is 0 Å². The van der Waals surface area contributed by atoms with Crippen LogP contribution in [-0.2, 0) is 13.0 Å². The quantitative estimate of drug-likeness (QED) is 0.257. The van der Waals surface area contributed by atoms with E-state index in [9.17, 15) is 13.2 Å². The third-order valence-corrected chi connectivity index (χ3v) is 4.10. The molecule has 0 bridgehead atoms. The van der Waals surface area contributed by atoms with E-state index in [1.54, 1.807) is 20.3 Å². The van der Waals surface area contributed by atoms with Crippen LogP contribution in [0.2, 0.25) is 0 Å². The van der Waals surface area contributed by atoms with E-state index >= 15 is 0 Å². The molecule has 0 spiro atoms. The van der Waals surface area contributed by atoms with Gasteiger partial charge in [0, 0.05) is 25.4 Å². The minimum atomic E-state index is -4.41. The van der Waals surface area contributed by atoms with Crippen LogP contribution in [0, 0.1) is 0 Å². The van der Waals surface area contributed by atoms with E-state index in [1.807, 2.05) is 25.1 Å². The first kappa shape index (κ1) is 27.6. The normalized spacial score (nSPS) is 11.4. The molecule has 0 fully saturated rings. The molecule has 2 N–H and O–H groups in total. The minimum absolute atomic E-state index is 0. The smallest absolute Gasteiger partial charge is 0.422 e. The van der Waals surface area contributed by atoms with Crippen molar-refractivity contribution in [1.29, 1.82) is 0 Å². The second-order valence-electron chi connectivity index (χ2n) is 6.47. The standard InChI is InChI=1S/C21H27F3N4O3.HI/c1-4-25-20(27-10-7-15-5-6-17(29-2)18(11-15)30-3)28-13-16-8-9-26-19(12-16)31-14-21(22,23)24;/h5-6,8-9,11-12H,4,7,10,13-14H2,1-3H3,(H2,25,27,28);1H. The zero-order valence-electron chi connectivity index (χ0n) is 18.2. The number of hydrogen-bond acceptors (Lipinski definition) is 5. The fourth-order valence-corrected chi connectivity index (χ4v) is 2.66. The topological polar surface area (TPSA) is 77.0 Å². The number of rotatable bonds is 10. The first-order chi connectivity index (χ1) is 14.8. The molecule has 11 heteroatoms. The Hall–Kier alpha value is -2.44. The van der Waals surface area contributed by atoms with Crippen molar-refractivity contribution in [2.24, 2.45) is 4.99 Å². The number of guanidine groups is 1. The van der Waals surface area contributed by atoms with Gasteiger partial charge in [0.2, 0.25) is 5.88 Å². The van der Waals surface area contributed by atoms with Crippen LogP contribution in [0.1, 0.15) is 18.1 Å².